The van der Waals surface area contributed by atoms with E-state index in [0.717, 1.165) is 5.56 Å². The van der Waals surface area contributed by atoms with E-state index in [-0.39, 0.29) is 32.4 Å². The van der Waals surface area contributed by atoms with Crippen LogP contribution in [-0.4, -0.2) is 36.2 Å². The lowest BCUT2D eigenvalue weighted by atomic mass is 10.1. The van der Waals surface area contributed by atoms with E-state index in [1.165, 1.54) is 0 Å². The number of carbonyl (C=O) groups excluding carboxylic acids is 3. The molecule has 1 rings (SSSR count). The molecule has 0 saturated carbocycles. The van der Waals surface area contributed by atoms with E-state index in [4.69, 9.17) is 14.7 Å². The molecule has 0 aliphatic carbocycles. The fraction of sp³-hybridized carbons (Fsp3) is 0.500. The maximum atomic E-state index is 12.3. The van der Waals surface area contributed by atoms with Crippen molar-refractivity contribution in [2.24, 2.45) is 0 Å². The predicted molar refractivity (Wildman–Crippen MR) is 102 cm³/mol. The summed E-state index contributed by atoms with van der Waals surface area (Å²) in [6, 6.07) is 10.2. The van der Waals surface area contributed by atoms with Crippen LogP contribution in [-0.2, 0) is 25.7 Å². The minimum absolute atomic E-state index is 0.0469. The lowest BCUT2D eigenvalue weighted by molar-refractivity contribution is -0.145. The minimum Gasteiger partial charge on any atom is -0.461 e. The summed E-state index contributed by atoms with van der Waals surface area (Å²) in [6.07, 6.45) is -0.626. The highest BCUT2D eigenvalue weighted by molar-refractivity contribution is 5.86. The fourth-order valence-corrected chi connectivity index (χ4v) is 2.16. The summed E-state index contributed by atoms with van der Waals surface area (Å²) >= 11 is 0. The van der Waals surface area contributed by atoms with Gasteiger partial charge in [-0.1, -0.05) is 30.3 Å². The largest absolute Gasteiger partial charge is 0.461 e. The summed E-state index contributed by atoms with van der Waals surface area (Å²) in [5.41, 5.74) is 0.133. The summed E-state index contributed by atoms with van der Waals surface area (Å²) in [7, 11) is 0. The lowest BCUT2D eigenvalue weighted by Crippen LogP contribution is -2.48. The lowest BCUT2D eigenvalue weighted by Gasteiger charge is -2.23. The summed E-state index contributed by atoms with van der Waals surface area (Å²) in [4.78, 5) is 36.2. The summed E-state index contributed by atoms with van der Waals surface area (Å²) < 4.78 is 10.3. The fourth-order valence-electron chi connectivity index (χ4n) is 2.16. The van der Waals surface area contributed by atoms with Gasteiger partial charge >= 0.3 is 12.1 Å². The molecule has 0 heterocycles. The molecule has 28 heavy (non-hydrogen) atoms. The Labute approximate surface area is 165 Å². The van der Waals surface area contributed by atoms with Crippen LogP contribution in [0.15, 0.2) is 30.3 Å². The third-order valence-corrected chi connectivity index (χ3v) is 3.42. The highest BCUT2D eigenvalue weighted by Crippen LogP contribution is 2.09. The zero-order valence-corrected chi connectivity index (χ0v) is 16.5. The number of nitriles is 1. The molecule has 2 amide bonds. The van der Waals surface area contributed by atoms with Crippen molar-refractivity contribution in [3.05, 3.63) is 35.9 Å². The molecule has 0 spiro atoms. The Morgan fingerprint density at radius 3 is 2.46 bits per heavy atom. The van der Waals surface area contributed by atoms with E-state index < -0.39 is 29.6 Å². The van der Waals surface area contributed by atoms with Crippen LogP contribution in [0.3, 0.4) is 0 Å². The summed E-state index contributed by atoms with van der Waals surface area (Å²) in [5.74, 6) is -0.971. The molecule has 1 aromatic carbocycles. The molecule has 1 aromatic rings. The average molecular weight is 389 g/mol. The minimum atomic E-state index is -0.974. The number of amides is 2. The molecule has 8 nitrogen and oxygen atoms in total. The number of rotatable bonds is 9. The zero-order chi connectivity index (χ0) is 21.0. The van der Waals surface area contributed by atoms with Crippen LogP contribution >= 0.6 is 0 Å². The Hall–Kier alpha value is -3.08. The molecule has 2 N–H and O–H groups in total. The van der Waals surface area contributed by atoms with Crippen LogP contribution in [0.2, 0.25) is 0 Å². The van der Waals surface area contributed by atoms with Gasteiger partial charge in [-0.2, -0.15) is 5.26 Å². The molecule has 0 aromatic heterocycles. The Balaban J connectivity index is 2.57. The third kappa shape index (κ3) is 10.2. The van der Waals surface area contributed by atoms with E-state index in [1.807, 2.05) is 36.4 Å². The topological polar surface area (TPSA) is 118 Å². The summed E-state index contributed by atoms with van der Waals surface area (Å²) in [5, 5.41) is 13.6. The van der Waals surface area contributed by atoms with E-state index in [2.05, 4.69) is 10.6 Å². The number of esters is 1. The van der Waals surface area contributed by atoms with Crippen molar-refractivity contribution >= 4 is 18.0 Å². The first-order valence-electron chi connectivity index (χ1n) is 9.05. The van der Waals surface area contributed by atoms with Gasteiger partial charge in [0.25, 0.3) is 0 Å². The van der Waals surface area contributed by atoms with E-state index in [9.17, 15) is 14.4 Å². The normalized spacial score (nSPS) is 11.6. The maximum absolute atomic E-state index is 12.3. The molecule has 8 heteroatoms. The van der Waals surface area contributed by atoms with E-state index >= 15 is 0 Å². The van der Waals surface area contributed by atoms with E-state index in [1.54, 1.807) is 20.8 Å². The van der Waals surface area contributed by atoms with Crippen molar-refractivity contribution in [2.45, 2.75) is 58.3 Å². The molecular formula is C20H27N3O5. The molecule has 0 unspecified atom stereocenters. The first-order chi connectivity index (χ1) is 13.2. The predicted octanol–water partition coefficient (Wildman–Crippen LogP) is 2.43. The molecule has 0 radical (unpaired) electrons. The van der Waals surface area contributed by atoms with Crippen molar-refractivity contribution in [3.63, 3.8) is 0 Å². The second-order valence-corrected chi connectivity index (χ2v) is 7.08. The second kappa shape index (κ2) is 11.6. The number of carbonyl (C=O) groups is 3. The number of hydrogen-bond acceptors (Lipinski definition) is 6. The van der Waals surface area contributed by atoms with Crippen molar-refractivity contribution in [1.29, 1.82) is 5.26 Å². The zero-order valence-electron chi connectivity index (χ0n) is 16.5. The third-order valence-electron chi connectivity index (χ3n) is 3.42. The van der Waals surface area contributed by atoms with Gasteiger partial charge < -0.3 is 20.1 Å². The molecule has 152 valence electrons. The monoisotopic (exact) mass is 389 g/mol. The first-order valence-corrected chi connectivity index (χ1v) is 9.05. The quantitative estimate of drug-likeness (QED) is 0.495. The Bertz CT molecular complexity index is 692. The van der Waals surface area contributed by atoms with Crippen molar-refractivity contribution in [2.75, 3.05) is 6.54 Å². The van der Waals surface area contributed by atoms with Gasteiger partial charge in [0.15, 0.2) is 0 Å². The van der Waals surface area contributed by atoms with Gasteiger partial charge in [-0.05, 0) is 32.8 Å². The number of alkyl carbamates (subject to hydrolysis) is 1. The number of nitrogens with one attached hydrogen (secondary N) is 2. The highest BCUT2D eigenvalue weighted by atomic mass is 16.6. The molecule has 1 atom stereocenters. The van der Waals surface area contributed by atoms with E-state index in [0.29, 0.717) is 0 Å². The molecular weight excluding hydrogens is 362 g/mol. The van der Waals surface area contributed by atoms with Gasteiger partial charge in [-0.25, -0.2) is 4.79 Å². The van der Waals surface area contributed by atoms with Crippen LogP contribution in [0.5, 0.6) is 0 Å². The van der Waals surface area contributed by atoms with Crippen molar-refractivity contribution in [3.8, 4) is 6.07 Å². The Kier molecular flexibility index (Phi) is 9.51. The molecule has 0 aliphatic heterocycles. The van der Waals surface area contributed by atoms with Gasteiger partial charge in [-0.3, -0.25) is 9.59 Å². The van der Waals surface area contributed by atoms with Crippen molar-refractivity contribution in [1.82, 2.24) is 10.6 Å². The SMILES string of the molecule is CC(C)(C)OC(=O)N[C@@H](CCC(=O)OCc1ccccc1)C(=O)NCCC#N. The standard InChI is InChI=1S/C20H27N3O5/c1-20(2,3)28-19(26)23-16(18(25)22-13-7-12-21)10-11-17(24)27-14-15-8-5-4-6-9-15/h4-6,8-9,16H,7,10-11,13-14H2,1-3H3,(H,22,25)(H,23,26)/t16-/m0/s1. The number of nitrogens with zero attached hydrogens (tertiary/aromatic N) is 1. The van der Waals surface area contributed by atoms with Crippen LogP contribution in [0.4, 0.5) is 4.79 Å². The highest BCUT2D eigenvalue weighted by Gasteiger charge is 2.25. The van der Waals surface area contributed by atoms with Crippen LogP contribution in [0.25, 0.3) is 0 Å². The average Bonchev–Trinajstić information content (AvgIpc) is 2.62. The number of ether oxygens (including phenoxy) is 2. The Morgan fingerprint density at radius 1 is 1.18 bits per heavy atom. The van der Waals surface area contributed by atoms with Crippen LogP contribution < -0.4 is 10.6 Å². The summed E-state index contributed by atoms with van der Waals surface area (Å²) in [6.45, 7) is 5.40. The van der Waals surface area contributed by atoms with Crippen LogP contribution in [0.1, 0.15) is 45.6 Å². The van der Waals surface area contributed by atoms with Gasteiger partial charge in [0.1, 0.15) is 18.2 Å². The van der Waals surface area contributed by atoms with Gasteiger partial charge in [0.2, 0.25) is 5.91 Å². The molecule has 0 fully saturated rings. The number of hydrogen-bond donors (Lipinski definition) is 2. The van der Waals surface area contributed by atoms with Crippen LogP contribution in [0, 0.1) is 11.3 Å². The smallest absolute Gasteiger partial charge is 0.408 e. The molecule has 0 saturated heterocycles. The maximum Gasteiger partial charge on any atom is 0.408 e. The van der Waals surface area contributed by atoms with Gasteiger partial charge in [0, 0.05) is 13.0 Å². The van der Waals surface area contributed by atoms with Gasteiger partial charge in [0.05, 0.1) is 12.5 Å². The van der Waals surface area contributed by atoms with Gasteiger partial charge in [-0.15, -0.1) is 0 Å². The second-order valence-electron chi connectivity index (χ2n) is 7.08. The molecule has 0 aliphatic rings. The van der Waals surface area contributed by atoms with Crippen molar-refractivity contribution < 1.29 is 23.9 Å². The first kappa shape index (κ1) is 23.0. The molecule has 0 bridgehead atoms. The Morgan fingerprint density at radius 2 is 1.86 bits per heavy atom. The number of benzene rings is 1.